The second-order valence-corrected chi connectivity index (χ2v) is 8.09. The molecular weight excluding hydrogens is 461 g/mol. The second-order valence-electron chi connectivity index (χ2n) is 7.57. The van der Waals surface area contributed by atoms with Crippen LogP contribution in [0.25, 0.3) is 11.1 Å². The van der Waals surface area contributed by atoms with Crippen molar-refractivity contribution in [2.24, 2.45) is 0 Å². The number of carbonyl (C=O) groups is 1. The Morgan fingerprint density at radius 1 is 1.03 bits per heavy atom. The smallest absolute Gasteiger partial charge is 0.449 e. The van der Waals surface area contributed by atoms with E-state index < -0.39 is 18.5 Å². The number of thiol groups is 1. The molecule has 4 rings (SSSR count). The minimum absolute atomic E-state index is 0. The first-order chi connectivity index (χ1) is 14.8. The summed E-state index contributed by atoms with van der Waals surface area (Å²) in [5, 5.41) is 2.56. The quantitative estimate of drug-likeness (QED) is 0.434. The van der Waals surface area contributed by atoms with E-state index in [2.05, 4.69) is 17.9 Å². The van der Waals surface area contributed by atoms with Gasteiger partial charge in [0.05, 0.1) is 0 Å². The van der Waals surface area contributed by atoms with E-state index in [0.29, 0.717) is 5.56 Å². The molecule has 9 heteroatoms. The van der Waals surface area contributed by atoms with Crippen molar-refractivity contribution in [3.05, 3.63) is 82.9 Å². The van der Waals surface area contributed by atoms with Crippen LogP contribution in [-0.4, -0.2) is 19.7 Å². The summed E-state index contributed by atoms with van der Waals surface area (Å²) in [4.78, 5) is 12.5. The number of carbonyl (C=O) groups excluding carboxylic acids is 1. The maximum atomic E-state index is 13.3. The molecule has 0 atom stereocenters. The zero-order valence-electron chi connectivity index (χ0n) is 17.7. The number of rotatable bonds is 5. The molecule has 0 radical (unpaired) electrons. The van der Waals surface area contributed by atoms with Gasteiger partial charge < -0.3 is 23.0 Å². The van der Waals surface area contributed by atoms with E-state index in [1.807, 2.05) is 48.5 Å². The molecule has 1 amide bonds. The summed E-state index contributed by atoms with van der Waals surface area (Å²) in [6.45, 7) is -3.70. The third kappa shape index (κ3) is 5.29. The van der Waals surface area contributed by atoms with Gasteiger partial charge in [0.2, 0.25) is 0 Å². The third-order valence-corrected chi connectivity index (χ3v) is 5.92. The minimum Gasteiger partial charge on any atom is -0.449 e. The van der Waals surface area contributed by atoms with Gasteiger partial charge in [0, 0.05) is 17.4 Å². The number of benzene rings is 3. The van der Waals surface area contributed by atoms with Crippen molar-refractivity contribution in [2.45, 2.75) is 24.3 Å². The van der Waals surface area contributed by atoms with Gasteiger partial charge in [-0.05, 0) is 40.8 Å². The Balaban J connectivity index is 0.00000289. The van der Waals surface area contributed by atoms with Crippen LogP contribution in [0, 0.1) is 6.92 Å². The standard InChI is InChI=1S/C23H20BF3NO2S.K/c1-14-15(10-16(31)11-22(14)24(25,26)27)12-28-23(29)30-13-21-19-8-4-2-6-17(19)18-7-3-5-9-20(18)21;/h2-11,21,31H,12-13H2,1H3,(H,28,29);/q-1;+1. The number of fused-ring (bicyclic) bond motifs is 3. The molecule has 1 aliphatic rings. The predicted octanol–water partition coefficient (Wildman–Crippen LogP) is 2.38. The predicted molar refractivity (Wildman–Crippen MR) is 119 cm³/mol. The van der Waals surface area contributed by atoms with Crippen molar-refractivity contribution in [1.29, 1.82) is 0 Å². The molecule has 0 fully saturated rings. The summed E-state index contributed by atoms with van der Waals surface area (Å²) >= 11 is 4.07. The SMILES string of the molecule is Cc1c(CNC(=O)OCC2c3ccccc3-c3ccccc32)cc(S)cc1[B-](F)(F)F.[K+]. The van der Waals surface area contributed by atoms with E-state index in [-0.39, 0.29) is 80.9 Å². The van der Waals surface area contributed by atoms with Crippen LogP contribution in [0.2, 0.25) is 0 Å². The van der Waals surface area contributed by atoms with Crippen molar-refractivity contribution in [1.82, 2.24) is 5.32 Å². The molecule has 1 aliphatic carbocycles. The van der Waals surface area contributed by atoms with E-state index in [1.54, 1.807) is 0 Å². The van der Waals surface area contributed by atoms with E-state index in [1.165, 1.54) is 13.0 Å². The van der Waals surface area contributed by atoms with Gasteiger partial charge >= 0.3 is 64.5 Å². The second kappa shape index (κ2) is 10.4. The van der Waals surface area contributed by atoms with E-state index in [4.69, 9.17) is 4.74 Å². The fourth-order valence-corrected chi connectivity index (χ4v) is 4.42. The normalized spacial score (nSPS) is 12.5. The molecule has 0 aromatic heterocycles. The first-order valence-corrected chi connectivity index (χ1v) is 10.3. The number of nitrogens with one attached hydrogen (secondary N) is 1. The maximum Gasteiger partial charge on any atom is 1.00 e. The van der Waals surface area contributed by atoms with Crippen LogP contribution in [-0.2, 0) is 11.3 Å². The first-order valence-electron chi connectivity index (χ1n) is 9.87. The number of ether oxygens (including phenoxy) is 1. The number of hydrogen-bond donors (Lipinski definition) is 2. The minimum atomic E-state index is -5.16. The molecule has 0 spiro atoms. The van der Waals surface area contributed by atoms with Crippen LogP contribution >= 0.6 is 12.6 Å². The van der Waals surface area contributed by atoms with Gasteiger partial charge in [-0.2, -0.15) is 0 Å². The fourth-order valence-electron chi connectivity index (χ4n) is 4.12. The molecule has 0 unspecified atom stereocenters. The number of hydrogen-bond acceptors (Lipinski definition) is 3. The fraction of sp³-hybridized carbons (Fsp3) is 0.174. The van der Waals surface area contributed by atoms with Crippen LogP contribution in [0.3, 0.4) is 0 Å². The van der Waals surface area contributed by atoms with Gasteiger partial charge in [-0.3, -0.25) is 0 Å². The van der Waals surface area contributed by atoms with Crippen LogP contribution < -0.4 is 62.2 Å². The molecule has 3 aromatic carbocycles. The summed E-state index contributed by atoms with van der Waals surface area (Å²) in [6.07, 6.45) is -0.676. The Kier molecular flexibility index (Phi) is 8.22. The van der Waals surface area contributed by atoms with Gasteiger partial charge in [0.25, 0.3) is 0 Å². The van der Waals surface area contributed by atoms with Gasteiger partial charge in [-0.15, -0.1) is 18.1 Å². The number of amides is 1. The van der Waals surface area contributed by atoms with Crippen molar-refractivity contribution in [2.75, 3.05) is 6.61 Å². The largest absolute Gasteiger partial charge is 1.00 e. The van der Waals surface area contributed by atoms with Crippen LogP contribution in [0.4, 0.5) is 17.7 Å². The van der Waals surface area contributed by atoms with Gasteiger partial charge in [-0.1, -0.05) is 60.2 Å². The average molecular weight is 481 g/mol. The molecular formula is C23H20BF3KNO2S. The Hall–Kier alpha value is -1.23. The van der Waals surface area contributed by atoms with Crippen LogP contribution in [0.15, 0.2) is 65.6 Å². The zero-order valence-corrected chi connectivity index (χ0v) is 21.8. The molecule has 1 N–H and O–H groups in total. The molecule has 3 aromatic rings. The Morgan fingerprint density at radius 3 is 2.16 bits per heavy atom. The monoisotopic (exact) mass is 481 g/mol. The topological polar surface area (TPSA) is 38.3 Å². The van der Waals surface area contributed by atoms with E-state index in [0.717, 1.165) is 28.3 Å². The van der Waals surface area contributed by atoms with Crippen molar-refractivity contribution in [3.63, 3.8) is 0 Å². The number of alkyl carbamates (subject to hydrolysis) is 1. The van der Waals surface area contributed by atoms with Gasteiger partial charge in [0.1, 0.15) is 6.61 Å². The van der Waals surface area contributed by atoms with Gasteiger partial charge in [0.15, 0.2) is 0 Å². The molecule has 160 valence electrons. The first kappa shape index (κ1) is 25.4. The molecule has 32 heavy (non-hydrogen) atoms. The Morgan fingerprint density at radius 2 is 1.59 bits per heavy atom. The summed E-state index contributed by atoms with van der Waals surface area (Å²) in [7, 11) is 0. The molecule has 0 heterocycles. The Labute approximate surface area is 233 Å². The van der Waals surface area contributed by atoms with E-state index >= 15 is 0 Å². The number of halogens is 3. The molecule has 0 bridgehead atoms. The summed E-state index contributed by atoms with van der Waals surface area (Å²) < 4.78 is 45.2. The molecule has 0 aliphatic heterocycles. The van der Waals surface area contributed by atoms with Crippen molar-refractivity contribution in [3.8, 4) is 11.1 Å². The zero-order chi connectivity index (χ0) is 22.2. The van der Waals surface area contributed by atoms with Crippen LogP contribution in [0.1, 0.15) is 28.2 Å². The average Bonchev–Trinajstić information content (AvgIpc) is 3.05. The van der Waals surface area contributed by atoms with Gasteiger partial charge in [-0.25, -0.2) is 4.79 Å². The van der Waals surface area contributed by atoms with Crippen LogP contribution in [0.5, 0.6) is 0 Å². The Bertz CT molecular complexity index is 1110. The summed E-state index contributed by atoms with van der Waals surface area (Å²) in [5.74, 6) is -0.0832. The summed E-state index contributed by atoms with van der Waals surface area (Å²) in [5.41, 5.74) is 4.17. The molecule has 0 saturated carbocycles. The third-order valence-electron chi connectivity index (χ3n) is 5.66. The van der Waals surface area contributed by atoms with Crippen molar-refractivity contribution < 1.29 is 73.9 Å². The maximum absolute atomic E-state index is 13.3. The molecule has 0 saturated heterocycles. The van der Waals surface area contributed by atoms with E-state index in [9.17, 15) is 17.7 Å². The van der Waals surface area contributed by atoms with Crippen molar-refractivity contribution >= 4 is 31.2 Å². The summed E-state index contributed by atoms with van der Waals surface area (Å²) in [6, 6.07) is 18.5. The molecule has 3 nitrogen and oxygen atoms in total.